The summed E-state index contributed by atoms with van der Waals surface area (Å²) in [5, 5.41) is 2.99. The summed E-state index contributed by atoms with van der Waals surface area (Å²) in [6, 6.07) is 8.15. The first kappa shape index (κ1) is 21.1. The van der Waals surface area contributed by atoms with Gasteiger partial charge in [0.1, 0.15) is 5.75 Å². The van der Waals surface area contributed by atoms with E-state index in [9.17, 15) is 9.59 Å². The highest BCUT2D eigenvalue weighted by molar-refractivity contribution is 5.74. The molecule has 6 heteroatoms. The molecule has 6 nitrogen and oxygen atoms in total. The maximum absolute atomic E-state index is 12.3. The van der Waals surface area contributed by atoms with Crippen molar-refractivity contribution in [3.8, 4) is 5.75 Å². The van der Waals surface area contributed by atoms with E-state index in [0.717, 1.165) is 50.9 Å². The molecule has 0 aromatic heterocycles. The number of benzene rings is 1. The Morgan fingerprint density at radius 3 is 2.59 bits per heavy atom. The molecule has 0 saturated carbocycles. The average Bonchev–Trinajstić information content (AvgIpc) is 2.70. The number of likely N-dealkylation sites (tertiary alicyclic amines) is 1. The molecule has 1 N–H and O–H groups in total. The smallest absolute Gasteiger partial charge is 0.317 e. The van der Waals surface area contributed by atoms with E-state index in [0.29, 0.717) is 25.5 Å². The van der Waals surface area contributed by atoms with Crippen LogP contribution in [0.25, 0.3) is 0 Å². The second-order valence-corrected chi connectivity index (χ2v) is 6.85. The number of esters is 1. The van der Waals surface area contributed by atoms with Crippen molar-refractivity contribution >= 4 is 12.0 Å². The lowest BCUT2D eigenvalue weighted by molar-refractivity contribution is -0.143. The van der Waals surface area contributed by atoms with Crippen molar-refractivity contribution in [2.24, 2.45) is 0 Å². The van der Waals surface area contributed by atoms with Gasteiger partial charge in [-0.1, -0.05) is 24.6 Å². The quantitative estimate of drug-likeness (QED) is 0.527. The fourth-order valence-corrected chi connectivity index (χ4v) is 3.51. The van der Waals surface area contributed by atoms with Gasteiger partial charge >= 0.3 is 12.0 Å². The summed E-state index contributed by atoms with van der Waals surface area (Å²) in [4.78, 5) is 25.5. The molecule has 0 radical (unpaired) electrons. The van der Waals surface area contributed by atoms with Crippen LogP contribution in [0.15, 0.2) is 24.3 Å². The van der Waals surface area contributed by atoms with Crippen molar-refractivity contribution < 1.29 is 19.1 Å². The van der Waals surface area contributed by atoms with Gasteiger partial charge in [0.15, 0.2) is 0 Å². The van der Waals surface area contributed by atoms with Gasteiger partial charge in [-0.3, -0.25) is 4.79 Å². The Balaban J connectivity index is 1.63. The highest BCUT2D eigenvalue weighted by Crippen LogP contribution is 2.33. The monoisotopic (exact) mass is 376 g/mol. The number of nitrogens with zero attached hydrogens (tertiary/aromatic N) is 1. The number of methoxy groups -OCH3 is 1. The molecule has 27 heavy (non-hydrogen) atoms. The molecule has 0 aliphatic carbocycles. The van der Waals surface area contributed by atoms with E-state index in [-0.39, 0.29) is 12.0 Å². The predicted octanol–water partition coefficient (Wildman–Crippen LogP) is 3.71. The normalized spacial score (nSPS) is 14.7. The van der Waals surface area contributed by atoms with Gasteiger partial charge in [0.2, 0.25) is 0 Å². The summed E-state index contributed by atoms with van der Waals surface area (Å²) in [7, 11) is 1.70. The maximum atomic E-state index is 12.3. The maximum Gasteiger partial charge on any atom is 0.317 e. The van der Waals surface area contributed by atoms with Gasteiger partial charge in [-0.15, -0.1) is 0 Å². The molecule has 2 amide bonds. The van der Waals surface area contributed by atoms with E-state index in [1.807, 2.05) is 30.0 Å². The molecule has 2 rings (SSSR count). The van der Waals surface area contributed by atoms with E-state index in [1.54, 1.807) is 7.11 Å². The van der Waals surface area contributed by atoms with Crippen LogP contribution in [0, 0.1) is 0 Å². The van der Waals surface area contributed by atoms with Crippen molar-refractivity contribution in [1.82, 2.24) is 10.2 Å². The SMILES string of the molecule is CCOC(=O)CCCCCNC(=O)N1CCC(c2ccccc2OC)CC1. The van der Waals surface area contributed by atoms with Gasteiger partial charge in [0, 0.05) is 26.1 Å². The van der Waals surface area contributed by atoms with Gasteiger partial charge < -0.3 is 19.7 Å². The predicted molar refractivity (Wildman–Crippen MR) is 105 cm³/mol. The summed E-state index contributed by atoms with van der Waals surface area (Å²) in [6.07, 6.45) is 4.95. The van der Waals surface area contributed by atoms with Crippen molar-refractivity contribution in [3.05, 3.63) is 29.8 Å². The third-order valence-electron chi connectivity index (χ3n) is 5.00. The molecular formula is C21H32N2O4. The van der Waals surface area contributed by atoms with Gasteiger partial charge in [0.25, 0.3) is 0 Å². The standard InChI is InChI=1S/C21H32N2O4/c1-3-27-20(24)11-5-4-8-14-22-21(25)23-15-12-17(13-16-23)18-9-6-7-10-19(18)26-2/h6-7,9-10,17H,3-5,8,11-16H2,1-2H3,(H,22,25). The lowest BCUT2D eigenvalue weighted by Gasteiger charge is -2.32. The highest BCUT2D eigenvalue weighted by atomic mass is 16.5. The highest BCUT2D eigenvalue weighted by Gasteiger charge is 2.25. The fraction of sp³-hybridized carbons (Fsp3) is 0.619. The first-order valence-corrected chi connectivity index (χ1v) is 9.97. The van der Waals surface area contributed by atoms with Crippen LogP contribution in [0.5, 0.6) is 5.75 Å². The molecule has 0 unspecified atom stereocenters. The molecule has 150 valence electrons. The van der Waals surface area contributed by atoms with Crippen LogP contribution >= 0.6 is 0 Å². The number of piperidine rings is 1. The van der Waals surface area contributed by atoms with Crippen molar-refractivity contribution in [1.29, 1.82) is 0 Å². The van der Waals surface area contributed by atoms with Gasteiger partial charge in [-0.05, 0) is 50.2 Å². The molecule has 1 heterocycles. The van der Waals surface area contributed by atoms with Crippen LogP contribution in [0.3, 0.4) is 0 Å². The van der Waals surface area contributed by atoms with Crippen molar-refractivity contribution in [3.63, 3.8) is 0 Å². The largest absolute Gasteiger partial charge is 0.496 e. The van der Waals surface area contributed by atoms with E-state index >= 15 is 0 Å². The molecule has 1 aliphatic heterocycles. The summed E-state index contributed by atoms with van der Waals surface area (Å²) in [6.45, 7) is 4.41. The molecule has 0 spiro atoms. The number of hydrogen-bond donors (Lipinski definition) is 1. The average molecular weight is 376 g/mol. The van der Waals surface area contributed by atoms with E-state index in [2.05, 4.69) is 11.4 Å². The minimum atomic E-state index is -0.139. The minimum Gasteiger partial charge on any atom is -0.496 e. The van der Waals surface area contributed by atoms with Gasteiger partial charge in [-0.2, -0.15) is 0 Å². The molecule has 1 saturated heterocycles. The molecule has 1 aromatic carbocycles. The number of nitrogens with one attached hydrogen (secondary N) is 1. The summed E-state index contributed by atoms with van der Waals surface area (Å²) in [5.41, 5.74) is 1.24. The molecule has 0 bridgehead atoms. The van der Waals surface area contributed by atoms with Crippen LogP contribution in [-0.2, 0) is 9.53 Å². The summed E-state index contributed by atoms with van der Waals surface area (Å²) < 4.78 is 10.4. The van der Waals surface area contributed by atoms with E-state index < -0.39 is 0 Å². The Labute approximate surface area is 162 Å². The first-order chi connectivity index (χ1) is 13.2. The summed E-state index contributed by atoms with van der Waals surface area (Å²) >= 11 is 0. The molecule has 0 atom stereocenters. The fourth-order valence-electron chi connectivity index (χ4n) is 3.51. The van der Waals surface area contributed by atoms with Gasteiger partial charge in [-0.25, -0.2) is 4.79 Å². The zero-order valence-corrected chi connectivity index (χ0v) is 16.5. The van der Waals surface area contributed by atoms with E-state index in [1.165, 1.54) is 5.56 Å². The number of unbranched alkanes of at least 4 members (excludes halogenated alkanes) is 2. The second-order valence-electron chi connectivity index (χ2n) is 6.85. The molecule has 1 fully saturated rings. The topological polar surface area (TPSA) is 67.9 Å². The zero-order valence-electron chi connectivity index (χ0n) is 16.5. The Morgan fingerprint density at radius 2 is 1.89 bits per heavy atom. The first-order valence-electron chi connectivity index (χ1n) is 9.97. The number of carbonyl (C=O) groups excluding carboxylic acids is 2. The number of carbonyl (C=O) groups is 2. The van der Waals surface area contributed by atoms with Crippen LogP contribution in [-0.4, -0.2) is 50.3 Å². The lowest BCUT2D eigenvalue weighted by Crippen LogP contribution is -2.44. The zero-order chi connectivity index (χ0) is 19.5. The Kier molecular flexibility index (Phi) is 8.95. The molecule has 1 aromatic rings. The number of para-hydroxylation sites is 1. The molecule has 1 aliphatic rings. The minimum absolute atomic E-state index is 0.0128. The third kappa shape index (κ3) is 6.77. The number of ether oxygens (including phenoxy) is 2. The number of urea groups is 1. The van der Waals surface area contributed by atoms with Crippen LogP contribution in [0.4, 0.5) is 4.79 Å². The van der Waals surface area contributed by atoms with Crippen molar-refractivity contribution in [2.45, 2.75) is 51.4 Å². The number of rotatable bonds is 9. The summed E-state index contributed by atoms with van der Waals surface area (Å²) in [5.74, 6) is 1.23. The van der Waals surface area contributed by atoms with Crippen molar-refractivity contribution in [2.75, 3.05) is 33.4 Å². The van der Waals surface area contributed by atoms with Gasteiger partial charge in [0.05, 0.1) is 13.7 Å². The Morgan fingerprint density at radius 1 is 1.15 bits per heavy atom. The Bertz CT molecular complexity index is 598. The second kappa shape index (κ2) is 11.5. The Hall–Kier alpha value is -2.24. The number of amides is 2. The third-order valence-corrected chi connectivity index (χ3v) is 5.00. The van der Waals surface area contributed by atoms with E-state index in [4.69, 9.17) is 9.47 Å². The van der Waals surface area contributed by atoms with Crippen LogP contribution in [0.2, 0.25) is 0 Å². The van der Waals surface area contributed by atoms with Crippen LogP contribution in [0.1, 0.15) is 56.9 Å². The van der Waals surface area contributed by atoms with Crippen LogP contribution < -0.4 is 10.1 Å². The molecular weight excluding hydrogens is 344 g/mol. The number of hydrogen-bond acceptors (Lipinski definition) is 4. The lowest BCUT2D eigenvalue weighted by atomic mass is 9.89.